The highest BCUT2D eigenvalue weighted by Gasteiger charge is 2.20. The average Bonchev–Trinajstić information content (AvgIpc) is 2.61. The van der Waals surface area contributed by atoms with Crippen molar-refractivity contribution in [3.63, 3.8) is 0 Å². The fourth-order valence-electron chi connectivity index (χ4n) is 3.60. The van der Waals surface area contributed by atoms with Crippen molar-refractivity contribution < 1.29 is 5.11 Å². The van der Waals surface area contributed by atoms with E-state index in [9.17, 15) is 5.11 Å². The van der Waals surface area contributed by atoms with Gasteiger partial charge in [-0.2, -0.15) is 0 Å². The third-order valence-corrected chi connectivity index (χ3v) is 5.64. The smallest absolute Gasteiger partial charge is 0.119 e. The molecule has 1 N–H and O–H groups in total. The minimum Gasteiger partial charge on any atom is -0.508 e. The molecule has 3 rings (SSSR count). The van der Waals surface area contributed by atoms with Crippen LogP contribution in [0.5, 0.6) is 5.75 Å². The van der Waals surface area contributed by atoms with Crippen molar-refractivity contribution in [3.8, 4) is 5.75 Å². The molecule has 0 aliphatic rings. The van der Waals surface area contributed by atoms with E-state index in [2.05, 4.69) is 95.8 Å². The van der Waals surface area contributed by atoms with E-state index in [-0.39, 0.29) is 16.6 Å². The molecule has 0 unspecified atom stereocenters. The van der Waals surface area contributed by atoms with E-state index in [1.807, 2.05) is 6.07 Å². The summed E-state index contributed by atoms with van der Waals surface area (Å²) in [5.74, 6) is 0.151. The highest BCUT2D eigenvalue weighted by atomic mass is 35.5. The van der Waals surface area contributed by atoms with Gasteiger partial charge in [0.25, 0.3) is 0 Å². The topological polar surface area (TPSA) is 23.5 Å². The third-order valence-electron chi connectivity index (χ3n) is 5.42. The monoisotopic (exact) mass is 421 g/mol. The molecule has 0 aliphatic heterocycles. The van der Waals surface area contributed by atoms with Crippen LogP contribution in [0.25, 0.3) is 0 Å². The van der Waals surface area contributed by atoms with Crippen LogP contribution in [0.2, 0.25) is 5.02 Å². The molecule has 2 nitrogen and oxygen atoms in total. The molecule has 3 heteroatoms. The van der Waals surface area contributed by atoms with Gasteiger partial charge in [-0.15, -0.1) is 0 Å². The van der Waals surface area contributed by atoms with E-state index >= 15 is 0 Å². The van der Waals surface area contributed by atoms with Crippen molar-refractivity contribution in [1.29, 1.82) is 0 Å². The molecule has 158 valence electrons. The van der Waals surface area contributed by atoms with Gasteiger partial charge in [0.1, 0.15) is 5.75 Å². The molecule has 0 spiro atoms. The fourth-order valence-corrected chi connectivity index (χ4v) is 3.82. The Morgan fingerprint density at radius 3 is 1.77 bits per heavy atom. The molecule has 30 heavy (non-hydrogen) atoms. The number of hydrogen-bond acceptors (Lipinski definition) is 2. The molecule has 0 aromatic heterocycles. The van der Waals surface area contributed by atoms with Crippen LogP contribution < -0.4 is 4.90 Å². The Labute approximate surface area is 186 Å². The molecular formula is C27H32ClNO. The number of anilines is 3. The lowest BCUT2D eigenvalue weighted by atomic mass is 9.85. The van der Waals surface area contributed by atoms with Crippen LogP contribution in [0.4, 0.5) is 17.1 Å². The van der Waals surface area contributed by atoms with Crippen LogP contribution in [0.3, 0.4) is 0 Å². The Morgan fingerprint density at radius 2 is 1.27 bits per heavy atom. The first-order chi connectivity index (χ1) is 13.9. The van der Waals surface area contributed by atoms with E-state index in [4.69, 9.17) is 11.6 Å². The molecule has 0 bridgehead atoms. The number of phenolic OH excluding ortho intramolecular Hbond substituents is 1. The molecule has 3 aromatic carbocycles. The van der Waals surface area contributed by atoms with E-state index in [1.54, 1.807) is 12.1 Å². The molecule has 0 heterocycles. The zero-order valence-corrected chi connectivity index (χ0v) is 19.8. The highest BCUT2D eigenvalue weighted by molar-refractivity contribution is 6.31. The second kappa shape index (κ2) is 8.00. The Balaban J connectivity index is 2.18. The number of aromatic hydroxyl groups is 1. The van der Waals surface area contributed by atoms with Gasteiger partial charge in [-0.25, -0.2) is 0 Å². The summed E-state index contributed by atoms with van der Waals surface area (Å²) < 4.78 is 0. The maximum Gasteiger partial charge on any atom is 0.119 e. The fraction of sp³-hybridized carbons (Fsp3) is 0.333. The van der Waals surface area contributed by atoms with Crippen molar-refractivity contribution >= 4 is 28.7 Å². The predicted octanol–water partition coefficient (Wildman–Crippen LogP) is 8.42. The van der Waals surface area contributed by atoms with E-state index in [0.29, 0.717) is 5.02 Å². The Morgan fingerprint density at radius 1 is 0.700 bits per heavy atom. The van der Waals surface area contributed by atoms with Crippen molar-refractivity contribution in [2.45, 2.75) is 59.3 Å². The van der Waals surface area contributed by atoms with Gasteiger partial charge in [0, 0.05) is 22.5 Å². The number of hydrogen-bond donors (Lipinski definition) is 1. The Hall–Kier alpha value is -2.45. The minimum atomic E-state index is 0.0802. The van der Waals surface area contributed by atoms with Crippen LogP contribution in [0.1, 0.15) is 58.2 Å². The first-order valence-corrected chi connectivity index (χ1v) is 10.8. The summed E-state index contributed by atoms with van der Waals surface area (Å²) in [6.07, 6.45) is 0. The van der Waals surface area contributed by atoms with Gasteiger partial charge in [0.05, 0.1) is 5.69 Å². The zero-order valence-electron chi connectivity index (χ0n) is 19.0. The van der Waals surface area contributed by atoms with Crippen LogP contribution in [-0.4, -0.2) is 5.11 Å². The normalized spacial score (nSPS) is 12.1. The molecule has 0 saturated carbocycles. The number of nitrogens with zero attached hydrogens (tertiary/aromatic N) is 1. The molecule has 0 aliphatic carbocycles. The Kier molecular flexibility index (Phi) is 5.93. The van der Waals surface area contributed by atoms with Crippen LogP contribution >= 0.6 is 11.6 Å². The van der Waals surface area contributed by atoms with Gasteiger partial charge in [-0.1, -0.05) is 77.4 Å². The SMILES string of the molecule is Cc1cc(C(C)(C)C)ccc1N(c1ccc(C(C)(C)C)cc1)c1cc(O)cc(Cl)c1. The summed E-state index contributed by atoms with van der Waals surface area (Å²) >= 11 is 6.29. The summed E-state index contributed by atoms with van der Waals surface area (Å²) in [4.78, 5) is 2.15. The van der Waals surface area contributed by atoms with E-state index < -0.39 is 0 Å². The number of benzene rings is 3. The van der Waals surface area contributed by atoms with Crippen molar-refractivity contribution in [2.24, 2.45) is 0 Å². The summed E-state index contributed by atoms with van der Waals surface area (Å²) in [7, 11) is 0. The van der Waals surface area contributed by atoms with Gasteiger partial charge >= 0.3 is 0 Å². The number of phenols is 1. The second-order valence-electron chi connectivity index (χ2n) is 10.1. The maximum atomic E-state index is 10.2. The molecule has 0 atom stereocenters. The summed E-state index contributed by atoms with van der Waals surface area (Å²) in [5.41, 5.74) is 6.82. The van der Waals surface area contributed by atoms with Gasteiger partial charge in [-0.3, -0.25) is 0 Å². The lowest BCUT2D eigenvalue weighted by Gasteiger charge is -2.29. The first kappa shape index (κ1) is 22.2. The molecule has 0 fully saturated rings. The van der Waals surface area contributed by atoms with Gasteiger partial charge < -0.3 is 10.0 Å². The highest BCUT2D eigenvalue weighted by Crippen LogP contribution is 2.40. The van der Waals surface area contributed by atoms with Crippen molar-refractivity contribution in [1.82, 2.24) is 0 Å². The minimum absolute atomic E-state index is 0.0802. The van der Waals surface area contributed by atoms with Crippen molar-refractivity contribution in [3.05, 3.63) is 82.4 Å². The summed E-state index contributed by atoms with van der Waals surface area (Å²) in [6, 6.07) is 20.4. The lowest BCUT2D eigenvalue weighted by molar-refractivity contribution is 0.475. The quantitative estimate of drug-likeness (QED) is 0.458. The first-order valence-electron chi connectivity index (χ1n) is 10.4. The van der Waals surface area contributed by atoms with Gasteiger partial charge in [0.15, 0.2) is 0 Å². The number of rotatable bonds is 3. The van der Waals surface area contributed by atoms with Crippen LogP contribution in [0.15, 0.2) is 60.7 Å². The van der Waals surface area contributed by atoms with E-state index in [1.165, 1.54) is 16.7 Å². The summed E-state index contributed by atoms with van der Waals surface area (Å²) in [6.45, 7) is 15.4. The van der Waals surface area contributed by atoms with Gasteiger partial charge in [-0.05, 0) is 64.8 Å². The molecule has 0 radical (unpaired) electrons. The average molecular weight is 422 g/mol. The van der Waals surface area contributed by atoms with E-state index in [0.717, 1.165) is 17.1 Å². The molecular weight excluding hydrogens is 390 g/mol. The standard InChI is InChI=1S/C27H32ClNO/c1-18-14-20(27(5,6)7)10-13-25(18)29(23-15-21(28)16-24(30)17-23)22-11-8-19(9-12-22)26(2,3)4/h8-17,30H,1-7H3. The third kappa shape index (κ3) is 4.82. The zero-order chi connectivity index (χ0) is 22.3. The maximum absolute atomic E-state index is 10.2. The molecule has 0 amide bonds. The number of halogens is 1. The van der Waals surface area contributed by atoms with Crippen LogP contribution in [0, 0.1) is 6.92 Å². The lowest BCUT2D eigenvalue weighted by Crippen LogP contribution is -2.15. The predicted molar refractivity (Wildman–Crippen MR) is 130 cm³/mol. The summed E-state index contributed by atoms with van der Waals surface area (Å²) in [5, 5.41) is 10.7. The molecule has 0 saturated heterocycles. The molecule has 3 aromatic rings. The largest absolute Gasteiger partial charge is 0.508 e. The Bertz CT molecular complexity index is 1020. The second-order valence-corrected chi connectivity index (χ2v) is 10.5. The van der Waals surface area contributed by atoms with Crippen molar-refractivity contribution in [2.75, 3.05) is 4.90 Å². The number of aryl methyl sites for hydroxylation is 1. The van der Waals surface area contributed by atoms with Gasteiger partial charge in [0.2, 0.25) is 0 Å². The van der Waals surface area contributed by atoms with Crippen LogP contribution in [-0.2, 0) is 10.8 Å².